The van der Waals surface area contributed by atoms with Gasteiger partial charge < -0.3 is 23.7 Å². The van der Waals surface area contributed by atoms with Gasteiger partial charge in [0, 0.05) is 27.2 Å². The third-order valence-electron chi connectivity index (χ3n) is 6.69. The van der Waals surface area contributed by atoms with Crippen LogP contribution in [0, 0.1) is 15.4 Å². The highest BCUT2D eigenvalue weighted by atomic mass is 127. The lowest BCUT2D eigenvalue weighted by molar-refractivity contribution is -0.137. The van der Waals surface area contributed by atoms with E-state index in [0.717, 1.165) is 21.6 Å². The molecule has 0 N–H and O–H groups in total. The van der Waals surface area contributed by atoms with E-state index in [0.29, 0.717) is 36.3 Å². The van der Waals surface area contributed by atoms with Crippen LogP contribution in [0.4, 0.5) is 0 Å². The van der Waals surface area contributed by atoms with Crippen molar-refractivity contribution in [1.29, 1.82) is 0 Å². The topological polar surface area (TPSA) is 114 Å². The van der Waals surface area contributed by atoms with Gasteiger partial charge in [-0.05, 0) is 120 Å². The van der Waals surface area contributed by atoms with Crippen LogP contribution in [0.5, 0.6) is 17.2 Å². The second kappa shape index (κ2) is 18.8. The maximum absolute atomic E-state index is 13.1. The maximum Gasteiger partial charge on any atom is 0.343 e. The smallest absolute Gasteiger partial charge is 0.343 e. The SMILES string of the molecule is C=CC(=O)OCCCOc1ccc(C#Cc2ccc(C(=O)Oc3ccc(OC(=O)c4ccc(I)cc4)cc3C(=O)OCCCC)cc2)cc1. The van der Waals surface area contributed by atoms with Crippen molar-refractivity contribution in [3.05, 3.63) is 135 Å². The van der Waals surface area contributed by atoms with Gasteiger partial charge in [-0.15, -0.1) is 0 Å². The molecule has 0 aliphatic rings. The molecule has 49 heavy (non-hydrogen) atoms. The summed E-state index contributed by atoms with van der Waals surface area (Å²) in [6.07, 6.45) is 3.15. The average molecular weight is 773 g/mol. The van der Waals surface area contributed by atoms with Crippen molar-refractivity contribution in [2.24, 2.45) is 0 Å². The van der Waals surface area contributed by atoms with Crippen LogP contribution in [0.3, 0.4) is 0 Å². The Hall–Kier alpha value is -5.41. The van der Waals surface area contributed by atoms with E-state index in [1.54, 1.807) is 60.7 Å². The molecule has 0 aliphatic carbocycles. The zero-order valence-corrected chi connectivity index (χ0v) is 28.9. The number of unbranched alkanes of at least 4 members (excludes halogenated alkanes) is 1. The Bertz CT molecular complexity index is 1840. The number of ether oxygens (including phenoxy) is 5. The predicted molar refractivity (Wildman–Crippen MR) is 191 cm³/mol. The minimum absolute atomic E-state index is 0.0343. The Morgan fingerprint density at radius 2 is 1.24 bits per heavy atom. The van der Waals surface area contributed by atoms with Crippen LogP contribution in [-0.2, 0) is 14.3 Å². The van der Waals surface area contributed by atoms with Crippen molar-refractivity contribution in [2.45, 2.75) is 26.2 Å². The molecule has 0 heterocycles. The lowest BCUT2D eigenvalue weighted by Crippen LogP contribution is -2.14. The van der Waals surface area contributed by atoms with E-state index < -0.39 is 23.9 Å². The molecule has 0 bridgehead atoms. The molecule has 0 aliphatic heterocycles. The number of halogens is 1. The highest BCUT2D eigenvalue weighted by Gasteiger charge is 2.20. The fourth-order valence-corrected chi connectivity index (χ4v) is 4.43. The molecule has 0 atom stereocenters. The summed E-state index contributed by atoms with van der Waals surface area (Å²) in [5.41, 5.74) is 1.97. The van der Waals surface area contributed by atoms with Gasteiger partial charge in [0.15, 0.2) is 0 Å². The molecule has 4 aromatic carbocycles. The molecule has 0 saturated heterocycles. The van der Waals surface area contributed by atoms with Gasteiger partial charge >= 0.3 is 23.9 Å². The second-order valence-corrected chi connectivity index (χ2v) is 11.6. The molecule has 0 fully saturated rings. The largest absolute Gasteiger partial charge is 0.493 e. The van der Waals surface area contributed by atoms with Crippen LogP contribution >= 0.6 is 22.6 Å². The van der Waals surface area contributed by atoms with Crippen LogP contribution in [0.1, 0.15) is 68.4 Å². The van der Waals surface area contributed by atoms with Gasteiger partial charge in [-0.2, -0.15) is 0 Å². The third-order valence-corrected chi connectivity index (χ3v) is 7.41. The monoisotopic (exact) mass is 772 g/mol. The van der Waals surface area contributed by atoms with Gasteiger partial charge in [-0.25, -0.2) is 19.2 Å². The number of hydrogen-bond acceptors (Lipinski definition) is 9. The number of carbonyl (C=O) groups is 4. The molecule has 9 nitrogen and oxygen atoms in total. The molecule has 0 unspecified atom stereocenters. The zero-order chi connectivity index (χ0) is 35.0. The van der Waals surface area contributed by atoms with E-state index in [2.05, 4.69) is 41.0 Å². The first-order chi connectivity index (χ1) is 23.7. The van der Waals surface area contributed by atoms with Gasteiger partial charge in [0.2, 0.25) is 0 Å². The number of benzene rings is 4. The Balaban J connectivity index is 1.38. The van der Waals surface area contributed by atoms with Crippen molar-refractivity contribution in [3.63, 3.8) is 0 Å². The van der Waals surface area contributed by atoms with E-state index in [-0.39, 0.29) is 35.8 Å². The Kier molecular flexibility index (Phi) is 14.0. The molecule has 250 valence electrons. The molecular formula is C39H33IO9. The lowest BCUT2D eigenvalue weighted by Gasteiger charge is -2.12. The third kappa shape index (κ3) is 11.7. The first kappa shape index (κ1) is 36.4. The van der Waals surface area contributed by atoms with Crippen molar-refractivity contribution in [2.75, 3.05) is 19.8 Å². The first-order valence-electron chi connectivity index (χ1n) is 15.4. The summed E-state index contributed by atoms with van der Waals surface area (Å²) in [6.45, 7) is 6.14. The van der Waals surface area contributed by atoms with Crippen LogP contribution in [0.2, 0.25) is 0 Å². The normalized spacial score (nSPS) is 10.2. The summed E-state index contributed by atoms with van der Waals surface area (Å²) >= 11 is 2.14. The van der Waals surface area contributed by atoms with Gasteiger partial charge in [-0.3, -0.25) is 0 Å². The highest BCUT2D eigenvalue weighted by molar-refractivity contribution is 14.1. The van der Waals surface area contributed by atoms with E-state index in [4.69, 9.17) is 23.7 Å². The standard InChI is InChI=1S/C39H33IO9/c1-3-5-23-47-39(44)34-26-33(48-37(42)30-15-17-31(40)18-16-30)21-22-35(34)49-38(43)29-13-9-27(10-14-29)7-8-28-11-19-32(20-12-28)45-24-6-25-46-36(41)4-2/h4,9-22,26H,2-3,5-6,23-25H2,1H3. The Morgan fingerprint density at radius 3 is 1.88 bits per heavy atom. The van der Waals surface area contributed by atoms with Gasteiger partial charge in [-0.1, -0.05) is 31.8 Å². The number of esters is 4. The van der Waals surface area contributed by atoms with Gasteiger partial charge in [0.05, 0.1) is 30.9 Å². The van der Waals surface area contributed by atoms with Crippen molar-refractivity contribution < 1.29 is 42.9 Å². The molecule has 0 radical (unpaired) electrons. The molecule has 0 saturated carbocycles. The molecule has 4 aromatic rings. The lowest BCUT2D eigenvalue weighted by atomic mass is 10.1. The van der Waals surface area contributed by atoms with Crippen molar-refractivity contribution >= 4 is 46.5 Å². The second-order valence-electron chi connectivity index (χ2n) is 10.4. The van der Waals surface area contributed by atoms with E-state index in [9.17, 15) is 19.2 Å². The molecule has 10 heteroatoms. The average Bonchev–Trinajstić information content (AvgIpc) is 3.12. The predicted octanol–water partition coefficient (Wildman–Crippen LogP) is 7.58. The minimum Gasteiger partial charge on any atom is -0.493 e. The van der Waals surface area contributed by atoms with Gasteiger partial charge in [0.1, 0.15) is 22.8 Å². The summed E-state index contributed by atoms with van der Waals surface area (Å²) < 4.78 is 28.0. The van der Waals surface area contributed by atoms with Crippen molar-refractivity contribution in [3.8, 4) is 29.1 Å². The number of carbonyl (C=O) groups excluding carboxylic acids is 4. The quantitative estimate of drug-likeness (QED) is 0.0320. The summed E-state index contributed by atoms with van der Waals surface area (Å²) in [5.74, 6) is 4.39. The highest BCUT2D eigenvalue weighted by Crippen LogP contribution is 2.27. The van der Waals surface area contributed by atoms with E-state index in [1.807, 2.05) is 19.1 Å². The van der Waals surface area contributed by atoms with Crippen LogP contribution < -0.4 is 14.2 Å². The minimum atomic E-state index is -0.708. The fourth-order valence-electron chi connectivity index (χ4n) is 4.07. The number of rotatable bonds is 14. The van der Waals surface area contributed by atoms with Crippen molar-refractivity contribution in [1.82, 2.24) is 0 Å². The molecular weight excluding hydrogens is 739 g/mol. The van der Waals surface area contributed by atoms with Crippen LogP contribution in [0.15, 0.2) is 104 Å². The summed E-state index contributed by atoms with van der Waals surface area (Å²) in [4.78, 5) is 49.7. The Morgan fingerprint density at radius 1 is 0.673 bits per heavy atom. The first-order valence-corrected chi connectivity index (χ1v) is 16.5. The summed E-state index contributed by atoms with van der Waals surface area (Å²) in [5, 5.41) is 0. The summed E-state index contributed by atoms with van der Waals surface area (Å²) in [6, 6.07) is 24.8. The van der Waals surface area contributed by atoms with E-state index >= 15 is 0 Å². The maximum atomic E-state index is 13.1. The molecule has 0 aromatic heterocycles. The van der Waals surface area contributed by atoms with Gasteiger partial charge in [0.25, 0.3) is 0 Å². The summed E-state index contributed by atoms with van der Waals surface area (Å²) in [7, 11) is 0. The molecule has 0 amide bonds. The van der Waals surface area contributed by atoms with E-state index in [1.165, 1.54) is 18.2 Å². The van der Waals surface area contributed by atoms with Crippen LogP contribution in [-0.4, -0.2) is 43.7 Å². The van der Waals surface area contributed by atoms with Crippen LogP contribution in [0.25, 0.3) is 0 Å². The Labute approximate surface area is 298 Å². The zero-order valence-electron chi connectivity index (χ0n) is 26.7. The molecule has 4 rings (SSSR count). The number of hydrogen-bond donors (Lipinski definition) is 0. The molecule has 0 spiro atoms. The fraction of sp³-hybridized carbons (Fsp3) is 0.179.